The Hall–Kier alpha value is -1.70. The number of H-pyrrole nitrogens is 1. The molecule has 0 fully saturated rings. The van der Waals surface area contributed by atoms with E-state index in [0.717, 1.165) is 0 Å². The normalized spacial score (nSPS) is 16.4. The predicted molar refractivity (Wildman–Crippen MR) is 77.6 cm³/mol. The number of aromatic amines is 1. The van der Waals surface area contributed by atoms with Gasteiger partial charge in [0.05, 0.1) is 12.2 Å². The van der Waals surface area contributed by atoms with Crippen molar-refractivity contribution in [2.75, 3.05) is 12.3 Å². The monoisotopic (exact) mass is 313 g/mol. The number of carbonyl (C=O) groups excluding carboxylic acids is 1. The number of hydrogen-bond acceptors (Lipinski definition) is 5. The zero-order chi connectivity index (χ0) is 15.8. The summed E-state index contributed by atoms with van der Waals surface area (Å²) in [6.07, 6.45) is 0.391. The van der Waals surface area contributed by atoms with Crippen LogP contribution in [0.1, 0.15) is 30.9 Å². The molecular weight excluding hydrogens is 294 g/mol. The largest absolute Gasteiger partial charge is 0.335 e. The molecular formula is C13H19N3O4S. The Labute approximate surface area is 123 Å². The minimum atomic E-state index is -3.42. The van der Waals surface area contributed by atoms with Crippen LogP contribution in [0.2, 0.25) is 0 Å². The Morgan fingerprint density at radius 1 is 1.48 bits per heavy atom. The first-order valence-corrected chi connectivity index (χ1v) is 8.56. The van der Waals surface area contributed by atoms with Crippen LogP contribution in [-0.2, 0) is 27.6 Å². The number of aryl methyl sites for hydroxylation is 1. The number of nitrogens with zero attached hydrogens (tertiary/aromatic N) is 2. The third kappa shape index (κ3) is 2.99. The fourth-order valence-corrected chi connectivity index (χ4v) is 3.37. The lowest BCUT2D eigenvalue weighted by Gasteiger charge is -2.29. The highest BCUT2D eigenvalue weighted by Crippen LogP contribution is 2.16. The van der Waals surface area contributed by atoms with Crippen molar-refractivity contribution in [1.29, 1.82) is 0 Å². The second kappa shape index (κ2) is 5.59. The SMILES string of the molecule is CCS(=O)(=O)C(C)C(=O)N1CCc2c(nc(C)[nH]c2=O)C1. The van der Waals surface area contributed by atoms with Crippen molar-refractivity contribution in [2.45, 2.75) is 39.0 Å². The lowest BCUT2D eigenvalue weighted by Crippen LogP contribution is -2.45. The van der Waals surface area contributed by atoms with Crippen molar-refractivity contribution < 1.29 is 13.2 Å². The van der Waals surface area contributed by atoms with Gasteiger partial charge in [0.15, 0.2) is 9.84 Å². The molecule has 8 heteroatoms. The van der Waals surface area contributed by atoms with Gasteiger partial charge in [-0.1, -0.05) is 6.92 Å². The van der Waals surface area contributed by atoms with Crippen LogP contribution in [0.4, 0.5) is 0 Å². The van der Waals surface area contributed by atoms with Gasteiger partial charge in [-0.05, 0) is 20.3 Å². The van der Waals surface area contributed by atoms with Crippen molar-refractivity contribution in [3.8, 4) is 0 Å². The number of amides is 1. The zero-order valence-electron chi connectivity index (χ0n) is 12.3. The highest BCUT2D eigenvalue weighted by Gasteiger charge is 2.32. The van der Waals surface area contributed by atoms with Gasteiger partial charge < -0.3 is 9.88 Å². The highest BCUT2D eigenvalue weighted by molar-refractivity contribution is 7.92. The Kier molecular flexibility index (Phi) is 4.18. The van der Waals surface area contributed by atoms with Gasteiger partial charge in [-0.2, -0.15) is 0 Å². The first-order valence-electron chi connectivity index (χ1n) is 6.85. The first kappa shape index (κ1) is 15.7. The van der Waals surface area contributed by atoms with Gasteiger partial charge in [0.2, 0.25) is 5.91 Å². The first-order chi connectivity index (χ1) is 9.76. The van der Waals surface area contributed by atoms with Crippen LogP contribution in [0.5, 0.6) is 0 Å². The molecule has 1 aliphatic heterocycles. The number of nitrogens with one attached hydrogen (secondary N) is 1. The minimum Gasteiger partial charge on any atom is -0.335 e. The third-order valence-electron chi connectivity index (χ3n) is 3.79. The van der Waals surface area contributed by atoms with E-state index in [-0.39, 0.29) is 17.9 Å². The molecule has 21 heavy (non-hydrogen) atoms. The smallest absolute Gasteiger partial charge is 0.254 e. The van der Waals surface area contributed by atoms with Gasteiger partial charge in [-0.25, -0.2) is 13.4 Å². The molecule has 0 saturated heterocycles. The topological polar surface area (TPSA) is 100 Å². The summed E-state index contributed by atoms with van der Waals surface area (Å²) in [5.41, 5.74) is 0.950. The van der Waals surface area contributed by atoms with E-state index < -0.39 is 21.0 Å². The molecule has 1 aromatic rings. The summed E-state index contributed by atoms with van der Waals surface area (Å²) in [6.45, 7) is 5.13. The number of aromatic nitrogens is 2. The van der Waals surface area contributed by atoms with Crippen LogP contribution in [0.15, 0.2) is 4.79 Å². The summed E-state index contributed by atoms with van der Waals surface area (Å²) in [5, 5.41) is -1.06. The van der Waals surface area contributed by atoms with Crippen molar-refractivity contribution >= 4 is 15.7 Å². The van der Waals surface area contributed by atoms with Gasteiger partial charge in [0, 0.05) is 17.9 Å². The maximum Gasteiger partial charge on any atom is 0.254 e. The molecule has 1 aromatic heterocycles. The summed E-state index contributed by atoms with van der Waals surface area (Å²) in [6, 6.07) is 0. The molecule has 0 bridgehead atoms. The van der Waals surface area contributed by atoms with Crippen LogP contribution >= 0.6 is 0 Å². The highest BCUT2D eigenvalue weighted by atomic mass is 32.2. The molecule has 7 nitrogen and oxygen atoms in total. The maximum absolute atomic E-state index is 12.3. The maximum atomic E-state index is 12.3. The van der Waals surface area contributed by atoms with E-state index >= 15 is 0 Å². The van der Waals surface area contributed by atoms with Crippen LogP contribution in [0, 0.1) is 6.92 Å². The summed E-state index contributed by atoms with van der Waals surface area (Å²) in [5.74, 6) is -0.00836. The molecule has 1 amide bonds. The van der Waals surface area contributed by atoms with Gasteiger partial charge in [0.1, 0.15) is 11.1 Å². The average molecular weight is 313 g/mol. The molecule has 0 spiro atoms. The van der Waals surface area contributed by atoms with Crippen molar-refractivity contribution in [2.24, 2.45) is 0 Å². The number of rotatable bonds is 3. The van der Waals surface area contributed by atoms with Crippen molar-refractivity contribution in [3.63, 3.8) is 0 Å². The summed E-state index contributed by atoms with van der Waals surface area (Å²) in [4.78, 5) is 32.5. The lowest BCUT2D eigenvalue weighted by atomic mass is 10.1. The quantitative estimate of drug-likeness (QED) is 0.832. The van der Waals surface area contributed by atoms with Crippen molar-refractivity contribution in [3.05, 3.63) is 27.4 Å². The second-order valence-corrected chi connectivity index (χ2v) is 7.79. The fourth-order valence-electron chi connectivity index (χ4n) is 2.41. The van der Waals surface area contributed by atoms with E-state index in [4.69, 9.17) is 0 Å². The summed E-state index contributed by atoms with van der Waals surface area (Å²) in [7, 11) is -3.42. The molecule has 0 aromatic carbocycles. The van der Waals surface area contributed by atoms with E-state index in [9.17, 15) is 18.0 Å². The molecule has 2 heterocycles. The van der Waals surface area contributed by atoms with Crippen LogP contribution < -0.4 is 5.56 Å². The lowest BCUT2D eigenvalue weighted by molar-refractivity contribution is -0.131. The molecule has 116 valence electrons. The zero-order valence-corrected chi connectivity index (χ0v) is 13.2. The van der Waals surface area contributed by atoms with Gasteiger partial charge >= 0.3 is 0 Å². The van der Waals surface area contributed by atoms with E-state index in [1.807, 2.05) is 0 Å². The fraction of sp³-hybridized carbons (Fsp3) is 0.615. The molecule has 0 aliphatic carbocycles. The molecule has 1 aliphatic rings. The van der Waals surface area contributed by atoms with Crippen molar-refractivity contribution in [1.82, 2.24) is 14.9 Å². The number of fused-ring (bicyclic) bond motifs is 1. The number of sulfone groups is 1. The van der Waals surface area contributed by atoms with Gasteiger partial charge in [-0.3, -0.25) is 9.59 Å². The number of carbonyl (C=O) groups is 1. The molecule has 2 rings (SSSR count). The Balaban J connectivity index is 2.26. The molecule has 0 saturated carbocycles. The molecule has 0 radical (unpaired) electrons. The number of hydrogen-bond donors (Lipinski definition) is 1. The summed E-state index contributed by atoms with van der Waals surface area (Å²) >= 11 is 0. The average Bonchev–Trinajstić information content (AvgIpc) is 2.44. The minimum absolute atomic E-state index is 0.0681. The third-order valence-corrected chi connectivity index (χ3v) is 5.88. The van der Waals surface area contributed by atoms with Crippen LogP contribution in [0.3, 0.4) is 0 Å². The molecule has 1 atom stereocenters. The Morgan fingerprint density at radius 3 is 2.76 bits per heavy atom. The van der Waals surface area contributed by atoms with E-state index in [1.54, 1.807) is 6.92 Å². The van der Waals surface area contributed by atoms with E-state index in [1.165, 1.54) is 18.7 Å². The Morgan fingerprint density at radius 2 is 2.14 bits per heavy atom. The van der Waals surface area contributed by atoms with Crippen LogP contribution in [0.25, 0.3) is 0 Å². The van der Waals surface area contributed by atoms with Gasteiger partial charge in [0.25, 0.3) is 5.56 Å². The summed E-state index contributed by atoms with van der Waals surface area (Å²) < 4.78 is 23.6. The standard InChI is InChI=1S/C13H19N3O4S/c1-4-21(19,20)8(2)13(18)16-6-5-10-11(7-16)14-9(3)15-12(10)17/h8H,4-7H2,1-3H3,(H,14,15,17). The molecule has 1 N–H and O–H groups in total. The van der Waals surface area contributed by atoms with E-state index in [0.29, 0.717) is 30.0 Å². The Bertz CT molecular complexity index is 723. The predicted octanol–water partition coefficient (Wildman–Crippen LogP) is -0.214. The second-order valence-electron chi connectivity index (χ2n) is 5.18. The van der Waals surface area contributed by atoms with Crippen LogP contribution in [-0.4, -0.2) is 46.7 Å². The van der Waals surface area contributed by atoms with E-state index in [2.05, 4.69) is 9.97 Å². The van der Waals surface area contributed by atoms with Gasteiger partial charge in [-0.15, -0.1) is 0 Å². The molecule has 1 unspecified atom stereocenters.